The number of aliphatic hydroxyl groups is 7. The molecule has 0 aliphatic carbocycles. The van der Waals surface area contributed by atoms with Crippen LogP contribution in [0.5, 0.6) is 0 Å². The molecule has 4 heterocycles. The summed E-state index contributed by atoms with van der Waals surface area (Å²) in [5.41, 5.74) is 0. The van der Waals surface area contributed by atoms with Crippen LogP contribution in [-0.4, -0.2) is 167 Å². The van der Waals surface area contributed by atoms with E-state index < -0.39 is 118 Å². The van der Waals surface area contributed by atoms with Gasteiger partial charge in [0.25, 0.3) is 0 Å². The molecule has 1 amide bonds. The fourth-order valence-electron chi connectivity index (χ4n) is 5.08. The van der Waals surface area contributed by atoms with Crippen molar-refractivity contribution in [3.05, 3.63) is 0 Å². The van der Waals surface area contributed by atoms with Crippen LogP contribution >= 0.6 is 0 Å². The first-order valence-corrected chi connectivity index (χ1v) is 12.5. The fraction of sp³-hybridized carbons (Fsp3) is 0.955. The summed E-state index contributed by atoms with van der Waals surface area (Å²) >= 11 is 0. The predicted octanol–water partition coefficient (Wildman–Crippen LogP) is -5.76. The number of hydrogen-bond donors (Lipinski definition) is 8. The van der Waals surface area contributed by atoms with Gasteiger partial charge in [-0.05, 0) is 0 Å². The molecule has 226 valence electrons. The minimum atomic E-state index is -1.77. The molecule has 17 nitrogen and oxygen atoms in total. The molecule has 4 rings (SSSR count). The predicted molar refractivity (Wildman–Crippen MR) is 120 cm³/mol. The number of methoxy groups -OCH3 is 1. The summed E-state index contributed by atoms with van der Waals surface area (Å²) < 4.78 is 45.3. The van der Waals surface area contributed by atoms with Gasteiger partial charge < -0.3 is 79.0 Å². The smallest absolute Gasteiger partial charge is 0.217 e. The lowest BCUT2D eigenvalue weighted by atomic mass is 9.95. The number of ether oxygens (including phenoxy) is 8. The average Bonchev–Trinajstić information content (AvgIpc) is 2.92. The number of fused-ring (bicyclic) bond motifs is 4. The first-order chi connectivity index (χ1) is 18.6. The van der Waals surface area contributed by atoms with Crippen molar-refractivity contribution >= 4 is 5.91 Å². The van der Waals surface area contributed by atoms with E-state index in [4.69, 9.17) is 37.9 Å². The van der Waals surface area contributed by atoms with Gasteiger partial charge in [0.2, 0.25) is 5.91 Å². The van der Waals surface area contributed by atoms with Crippen molar-refractivity contribution in [2.75, 3.05) is 33.7 Å². The van der Waals surface area contributed by atoms with E-state index in [1.165, 1.54) is 14.0 Å². The highest BCUT2D eigenvalue weighted by molar-refractivity contribution is 5.73. The molecule has 4 aliphatic rings. The highest BCUT2D eigenvalue weighted by Crippen LogP contribution is 2.34. The maximum absolute atomic E-state index is 11.8. The number of carbonyl (C=O) groups excluding carboxylic acids is 1. The summed E-state index contributed by atoms with van der Waals surface area (Å²) in [5.74, 6) is -0.591. The minimum Gasteiger partial charge on any atom is -0.394 e. The van der Waals surface area contributed by atoms with Gasteiger partial charge in [-0.3, -0.25) is 4.79 Å². The number of hydrogen-bond acceptors (Lipinski definition) is 16. The van der Waals surface area contributed by atoms with E-state index in [2.05, 4.69) is 5.32 Å². The van der Waals surface area contributed by atoms with Crippen LogP contribution in [0.25, 0.3) is 0 Å². The van der Waals surface area contributed by atoms with E-state index in [-0.39, 0.29) is 6.61 Å². The van der Waals surface area contributed by atoms with Gasteiger partial charge >= 0.3 is 0 Å². The van der Waals surface area contributed by atoms with Gasteiger partial charge in [-0.15, -0.1) is 0 Å². The van der Waals surface area contributed by atoms with Crippen molar-refractivity contribution in [1.82, 2.24) is 5.32 Å². The van der Waals surface area contributed by atoms with E-state index in [1.54, 1.807) is 0 Å². The molecule has 0 aromatic heterocycles. The SMILES string of the molecule is CO[C@H]1O[C@H](CO)[C@H]2OCOC[C@@H]3O[C@@H](O[C@@H]4[C@@H](O[C@@H]2[C@@H]1O)O[C@H](CO)[C@@H](O)[C@@H]4O)[C@H](NC(C)=O)[C@@H](O)[C@@H]3O. The zero-order chi connectivity index (χ0) is 28.4. The second-order valence-corrected chi connectivity index (χ2v) is 9.73. The molecule has 0 aromatic carbocycles. The first-order valence-electron chi connectivity index (χ1n) is 12.5. The highest BCUT2D eigenvalue weighted by atomic mass is 16.8. The number of amides is 1. The molecule has 15 atom stereocenters. The van der Waals surface area contributed by atoms with Crippen LogP contribution in [-0.2, 0) is 42.7 Å². The van der Waals surface area contributed by atoms with Crippen molar-refractivity contribution in [1.29, 1.82) is 0 Å². The summed E-state index contributed by atoms with van der Waals surface area (Å²) in [6.45, 7) is -0.939. The standard InChI is InChI=1S/C22H37NO16/c1-7(26)23-11-14(29)13(28)10-5-33-6-34-17-9(4-25)36-21(32-2)16(31)18(17)38-22-19(39-20(11)37-10)15(30)12(27)8(3-24)35-22/h8-22,24-25,27-31H,3-6H2,1-2H3,(H,23,26)/t8-,9-,10+,11-,12-,13-,14-,15+,16+,17-,18-,19+,20+,21+,22-/m1/s1. The van der Waals surface area contributed by atoms with Gasteiger partial charge in [0.15, 0.2) is 18.9 Å². The Morgan fingerprint density at radius 2 is 1.49 bits per heavy atom. The van der Waals surface area contributed by atoms with Crippen LogP contribution in [0.15, 0.2) is 0 Å². The second kappa shape index (κ2) is 13.2. The van der Waals surface area contributed by atoms with Crippen molar-refractivity contribution in [2.24, 2.45) is 0 Å². The van der Waals surface area contributed by atoms with Crippen LogP contribution < -0.4 is 5.32 Å². The number of rotatable bonds is 4. The van der Waals surface area contributed by atoms with Crippen molar-refractivity contribution < 1.29 is 78.4 Å². The lowest BCUT2D eigenvalue weighted by Gasteiger charge is -2.49. The van der Waals surface area contributed by atoms with Gasteiger partial charge in [0, 0.05) is 14.0 Å². The average molecular weight is 572 g/mol. The summed E-state index contributed by atoms with van der Waals surface area (Å²) in [6, 6.07) is -1.34. The third-order valence-electron chi connectivity index (χ3n) is 7.13. The molecule has 0 saturated carbocycles. The Morgan fingerprint density at radius 1 is 0.795 bits per heavy atom. The monoisotopic (exact) mass is 571 g/mol. The molecule has 2 bridgehead atoms. The lowest BCUT2D eigenvalue weighted by molar-refractivity contribution is -0.381. The van der Waals surface area contributed by atoms with Crippen LogP contribution in [0.1, 0.15) is 6.92 Å². The van der Waals surface area contributed by atoms with Crippen molar-refractivity contribution in [3.63, 3.8) is 0 Å². The summed E-state index contributed by atoms with van der Waals surface area (Å²) in [4.78, 5) is 11.8. The van der Waals surface area contributed by atoms with Crippen molar-refractivity contribution in [2.45, 2.75) is 99.0 Å². The number of nitrogens with one attached hydrogen (secondary N) is 1. The summed E-state index contributed by atoms with van der Waals surface area (Å²) in [6.07, 6.45) is -20.3. The molecule has 4 saturated heterocycles. The zero-order valence-corrected chi connectivity index (χ0v) is 21.3. The molecule has 17 heteroatoms. The molecular weight excluding hydrogens is 534 g/mol. The molecule has 4 aliphatic heterocycles. The Bertz CT molecular complexity index is 808. The molecule has 0 spiro atoms. The third-order valence-corrected chi connectivity index (χ3v) is 7.13. The van der Waals surface area contributed by atoms with E-state index in [1.807, 2.05) is 0 Å². The fourth-order valence-corrected chi connectivity index (χ4v) is 5.08. The second-order valence-electron chi connectivity index (χ2n) is 9.73. The Labute approximate surface area is 223 Å². The molecule has 0 aromatic rings. The van der Waals surface area contributed by atoms with Crippen LogP contribution in [0.4, 0.5) is 0 Å². The number of aliphatic hydroxyl groups excluding tert-OH is 7. The topological polar surface area (TPSA) is 245 Å². The van der Waals surface area contributed by atoms with Gasteiger partial charge in [-0.2, -0.15) is 0 Å². The molecule has 0 radical (unpaired) electrons. The number of carbonyl (C=O) groups is 1. The Hall–Kier alpha value is -1.13. The van der Waals surface area contributed by atoms with Crippen LogP contribution in [0, 0.1) is 0 Å². The first kappa shape index (κ1) is 30.8. The van der Waals surface area contributed by atoms with E-state index in [0.717, 1.165) is 0 Å². The Morgan fingerprint density at radius 3 is 2.13 bits per heavy atom. The molecule has 8 N–H and O–H groups in total. The molecular formula is C22H37NO16. The molecule has 0 unspecified atom stereocenters. The van der Waals surface area contributed by atoms with Gasteiger partial charge in [-0.25, -0.2) is 0 Å². The zero-order valence-electron chi connectivity index (χ0n) is 21.3. The largest absolute Gasteiger partial charge is 0.394 e. The minimum absolute atomic E-state index is 0.334. The van der Waals surface area contributed by atoms with E-state index in [9.17, 15) is 40.5 Å². The van der Waals surface area contributed by atoms with Gasteiger partial charge in [0.05, 0.1) is 19.8 Å². The summed E-state index contributed by atoms with van der Waals surface area (Å²) in [5, 5.41) is 75.9. The molecule has 39 heavy (non-hydrogen) atoms. The van der Waals surface area contributed by atoms with Gasteiger partial charge in [-0.1, -0.05) is 0 Å². The Balaban J connectivity index is 1.72. The van der Waals surface area contributed by atoms with E-state index in [0.29, 0.717) is 0 Å². The van der Waals surface area contributed by atoms with Crippen LogP contribution in [0.2, 0.25) is 0 Å². The quantitative estimate of drug-likeness (QED) is 0.157. The highest BCUT2D eigenvalue weighted by Gasteiger charge is 2.55. The van der Waals surface area contributed by atoms with Crippen molar-refractivity contribution in [3.8, 4) is 0 Å². The van der Waals surface area contributed by atoms with Gasteiger partial charge in [0.1, 0.15) is 80.0 Å². The van der Waals surface area contributed by atoms with E-state index >= 15 is 0 Å². The maximum atomic E-state index is 11.8. The molecule has 4 fully saturated rings. The van der Waals surface area contributed by atoms with Crippen LogP contribution in [0.3, 0.4) is 0 Å². The normalized spacial score (nSPS) is 49.4. The maximum Gasteiger partial charge on any atom is 0.217 e. The lowest BCUT2D eigenvalue weighted by Crippen LogP contribution is -2.68. The third kappa shape index (κ3) is 6.37. The Kier molecular flexibility index (Phi) is 10.5. The summed E-state index contributed by atoms with van der Waals surface area (Å²) in [7, 11) is 1.26.